The summed E-state index contributed by atoms with van der Waals surface area (Å²) < 4.78 is 11.6. The minimum absolute atomic E-state index is 0. The molecule has 0 spiro atoms. The van der Waals surface area contributed by atoms with Gasteiger partial charge in [-0.1, -0.05) is 24.3 Å². The topological polar surface area (TPSA) is 50.8 Å². The van der Waals surface area contributed by atoms with Crippen molar-refractivity contribution in [3.63, 3.8) is 0 Å². The van der Waals surface area contributed by atoms with Gasteiger partial charge in [0.1, 0.15) is 11.5 Å². The van der Waals surface area contributed by atoms with E-state index in [1.807, 2.05) is 35.2 Å². The first kappa shape index (κ1) is 20.5. The number of carbonyl (C=O) groups is 1. The van der Waals surface area contributed by atoms with Crippen molar-refractivity contribution in [2.45, 2.75) is 32.4 Å². The molecule has 1 N–H and O–H groups in total. The smallest absolute Gasteiger partial charge is 0.264 e. The average molecular weight is 403 g/mol. The highest BCUT2D eigenvalue weighted by molar-refractivity contribution is 5.85. The standard InChI is InChI=1S/C22H26N2O3.ClH/c1-14-10-16-12-21(27-20(16)11-15(14)2)22(25)24-9-8-23-13-18(24)17-6-4-5-7-19(17)26-3;/h4-7,10-11,18,21,23H,8-9,12-13H2,1-3H3;1H. The summed E-state index contributed by atoms with van der Waals surface area (Å²) in [7, 11) is 1.67. The second-order valence-electron chi connectivity index (χ2n) is 7.35. The molecule has 0 bridgehead atoms. The first-order valence-electron chi connectivity index (χ1n) is 9.49. The summed E-state index contributed by atoms with van der Waals surface area (Å²) in [6.45, 7) is 6.33. The molecule has 2 atom stereocenters. The minimum atomic E-state index is -0.448. The maximum absolute atomic E-state index is 13.4. The van der Waals surface area contributed by atoms with Crippen molar-refractivity contribution in [2.24, 2.45) is 0 Å². The first-order valence-corrected chi connectivity index (χ1v) is 9.49. The van der Waals surface area contributed by atoms with Gasteiger partial charge in [-0.05, 0) is 42.7 Å². The Morgan fingerprint density at radius 3 is 2.75 bits per heavy atom. The molecule has 6 heteroatoms. The highest BCUT2D eigenvalue weighted by Crippen LogP contribution is 2.35. The number of nitrogens with one attached hydrogen (secondary N) is 1. The van der Waals surface area contributed by atoms with Gasteiger partial charge in [0.25, 0.3) is 5.91 Å². The number of carbonyl (C=O) groups excluding carboxylic acids is 1. The summed E-state index contributed by atoms with van der Waals surface area (Å²) in [5.41, 5.74) is 4.58. The van der Waals surface area contributed by atoms with E-state index in [0.717, 1.165) is 29.2 Å². The normalized spacial score (nSPS) is 20.8. The van der Waals surface area contributed by atoms with Crippen LogP contribution in [-0.4, -0.2) is 43.7 Å². The van der Waals surface area contributed by atoms with E-state index in [1.54, 1.807) is 7.11 Å². The highest BCUT2D eigenvalue weighted by atomic mass is 35.5. The zero-order valence-electron chi connectivity index (χ0n) is 16.5. The van der Waals surface area contributed by atoms with Gasteiger partial charge in [-0.2, -0.15) is 0 Å². The number of fused-ring (bicyclic) bond motifs is 1. The molecule has 0 aromatic heterocycles. The van der Waals surface area contributed by atoms with Crippen LogP contribution in [0.2, 0.25) is 0 Å². The first-order chi connectivity index (χ1) is 13.1. The molecule has 2 aliphatic heterocycles. The third-order valence-electron chi connectivity index (χ3n) is 5.65. The Morgan fingerprint density at radius 2 is 1.96 bits per heavy atom. The van der Waals surface area contributed by atoms with Gasteiger partial charge in [0.15, 0.2) is 6.10 Å². The van der Waals surface area contributed by atoms with Crippen LogP contribution in [0.3, 0.4) is 0 Å². The zero-order valence-corrected chi connectivity index (χ0v) is 17.3. The SMILES string of the molecule is COc1ccccc1C1CNCCN1C(=O)C1Cc2cc(C)c(C)cc2O1.Cl. The maximum atomic E-state index is 13.4. The van der Waals surface area contributed by atoms with Crippen LogP contribution in [0.4, 0.5) is 0 Å². The second-order valence-corrected chi connectivity index (χ2v) is 7.35. The van der Waals surface area contributed by atoms with Gasteiger partial charge >= 0.3 is 0 Å². The van der Waals surface area contributed by atoms with Gasteiger partial charge in [-0.25, -0.2) is 0 Å². The van der Waals surface area contributed by atoms with E-state index < -0.39 is 6.10 Å². The Labute approximate surface area is 172 Å². The van der Waals surface area contributed by atoms with E-state index in [2.05, 4.69) is 25.2 Å². The summed E-state index contributed by atoms with van der Waals surface area (Å²) in [5.74, 6) is 1.71. The Morgan fingerprint density at radius 1 is 1.21 bits per heavy atom. The summed E-state index contributed by atoms with van der Waals surface area (Å²) in [5, 5.41) is 3.40. The van der Waals surface area contributed by atoms with Crippen LogP contribution < -0.4 is 14.8 Å². The van der Waals surface area contributed by atoms with Crippen LogP contribution in [0.25, 0.3) is 0 Å². The molecule has 28 heavy (non-hydrogen) atoms. The summed E-state index contributed by atoms with van der Waals surface area (Å²) >= 11 is 0. The lowest BCUT2D eigenvalue weighted by atomic mass is 10.00. The number of amides is 1. The fourth-order valence-electron chi connectivity index (χ4n) is 4.02. The van der Waals surface area contributed by atoms with Crippen LogP contribution >= 0.6 is 12.4 Å². The molecule has 2 aliphatic rings. The molecule has 0 saturated carbocycles. The number of hydrogen-bond acceptors (Lipinski definition) is 4. The number of benzene rings is 2. The number of rotatable bonds is 3. The van der Waals surface area contributed by atoms with Crippen molar-refractivity contribution in [3.05, 3.63) is 58.7 Å². The fraction of sp³-hybridized carbons (Fsp3) is 0.409. The Hall–Kier alpha value is -2.24. The van der Waals surface area contributed by atoms with E-state index >= 15 is 0 Å². The quantitative estimate of drug-likeness (QED) is 0.856. The molecule has 2 aromatic rings. The van der Waals surface area contributed by atoms with Crippen LogP contribution in [0.5, 0.6) is 11.5 Å². The van der Waals surface area contributed by atoms with E-state index in [1.165, 1.54) is 11.1 Å². The lowest BCUT2D eigenvalue weighted by molar-refractivity contribution is -0.141. The van der Waals surface area contributed by atoms with Gasteiger partial charge < -0.3 is 19.7 Å². The Balaban J connectivity index is 0.00000225. The molecule has 4 rings (SSSR count). The van der Waals surface area contributed by atoms with Crippen molar-refractivity contribution < 1.29 is 14.3 Å². The van der Waals surface area contributed by atoms with Crippen LogP contribution in [0.1, 0.15) is 28.3 Å². The molecule has 5 nitrogen and oxygen atoms in total. The number of methoxy groups -OCH3 is 1. The lowest BCUT2D eigenvalue weighted by Gasteiger charge is -2.38. The number of halogens is 1. The average Bonchev–Trinajstić information content (AvgIpc) is 3.10. The number of para-hydroxylation sites is 1. The fourth-order valence-corrected chi connectivity index (χ4v) is 4.02. The van der Waals surface area contributed by atoms with Gasteiger partial charge in [0.2, 0.25) is 0 Å². The molecule has 2 unspecified atom stereocenters. The number of aryl methyl sites for hydroxylation is 2. The van der Waals surface area contributed by atoms with E-state index in [-0.39, 0.29) is 24.4 Å². The number of nitrogens with zero attached hydrogens (tertiary/aromatic N) is 1. The van der Waals surface area contributed by atoms with Crippen molar-refractivity contribution in [1.29, 1.82) is 0 Å². The van der Waals surface area contributed by atoms with Crippen molar-refractivity contribution in [3.8, 4) is 11.5 Å². The minimum Gasteiger partial charge on any atom is -0.496 e. The van der Waals surface area contributed by atoms with E-state index in [9.17, 15) is 4.79 Å². The van der Waals surface area contributed by atoms with Crippen molar-refractivity contribution in [1.82, 2.24) is 10.2 Å². The van der Waals surface area contributed by atoms with Crippen LogP contribution in [-0.2, 0) is 11.2 Å². The third kappa shape index (κ3) is 3.69. The molecule has 150 valence electrons. The molecular formula is C22H27ClN2O3. The van der Waals surface area contributed by atoms with E-state index in [4.69, 9.17) is 9.47 Å². The summed E-state index contributed by atoms with van der Waals surface area (Å²) in [4.78, 5) is 15.3. The monoisotopic (exact) mass is 402 g/mol. The summed E-state index contributed by atoms with van der Waals surface area (Å²) in [6.07, 6.45) is 0.189. The Bertz CT molecular complexity index is 840. The second kappa shape index (κ2) is 8.41. The predicted molar refractivity (Wildman–Crippen MR) is 112 cm³/mol. The van der Waals surface area contributed by atoms with E-state index in [0.29, 0.717) is 19.5 Å². The number of ether oxygens (including phenoxy) is 2. The zero-order chi connectivity index (χ0) is 19.0. The highest BCUT2D eigenvalue weighted by Gasteiger charge is 2.37. The molecule has 2 aromatic carbocycles. The molecular weight excluding hydrogens is 376 g/mol. The Kier molecular flexibility index (Phi) is 6.16. The predicted octanol–water partition coefficient (Wildman–Crippen LogP) is 3.21. The molecule has 0 aliphatic carbocycles. The van der Waals surface area contributed by atoms with Crippen molar-refractivity contribution in [2.75, 3.05) is 26.7 Å². The summed E-state index contributed by atoms with van der Waals surface area (Å²) in [6, 6.07) is 12.1. The lowest BCUT2D eigenvalue weighted by Crippen LogP contribution is -2.52. The number of hydrogen-bond donors (Lipinski definition) is 1. The molecule has 1 amide bonds. The van der Waals surface area contributed by atoms with Crippen LogP contribution in [0.15, 0.2) is 36.4 Å². The third-order valence-corrected chi connectivity index (χ3v) is 5.65. The van der Waals surface area contributed by atoms with Crippen LogP contribution in [0, 0.1) is 13.8 Å². The van der Waals surface area contributed by atoms with Gasteiger partial charge in [-0.15, -0.1) is 12.4 Å². The molecule has 2 heterocycles. The van der Waals surface area contributed by atoms with Crippen molar-refractivity contribution >= 4 is 18.3 Å². The molecule has 0 radical (unpaired) electrons. The molecule has 1 saturated heterocycles. The van der Waals surface area contributed by atoms with Gasteiger partial charge in [0.05, 0.1) is 13.2 Å². The maximum Gasteiger partial charge on any atom is 0.264 e. The largest absolute Gasteiger partial charge is 0.496 e. The molecule has 1 fully saturated rings. The number of piperazine rings is 1. The van der Waals surface area contributed by atoms with Gasteiger partial charge in [-0.3, -0.25) is 4.79 Å². The van der Waals surface area contributed by atoms with Gasteiger partial charge in [0, 0.05) is 31.6 Å².